The smallest absolute Gasteiger partial charge is 0.254 e. The summed E-state index contributed by atoms with van der Waals surface area (Å²) in [6.45, 7) is 9.03. The highest BCUT2D eigenvalue weighted by Gasteiger charge is 2.10. The van der Waals surface area contributed by atoms with E-state index in [-0.39, 0.29) is 5.91 Å². The molecular weight excluding hydrogens is 368 g/mol. The molecule has 1 aromatic rings. The van der Waals surface area contributed by atoms with Gasteiger partial charge < -0.3 is 21.3 Å². The molecule has 1 heterocycles. The maximum atomic E-state index is 12.3. The lowest BCUT2D eigenvalue weighted by atomic mass is 10.1. The van der Waals surface area contributed by atoms with Crippen molar-refractivity contribution in [1.29, 1.82) is 0 Å². The van der Waals surface area contributed by atoms with Crippen LogP contribution in [0.2, 0.25) is 0 Å². The quantitative estimate of drug-likeness (QED) is 0.228. The molecule has 0 bridgehead atoms. The third-order valence-corrected chi connectivity index (χ3v) is 3.87. The first-order chi connectivity index (χ1) is 14.0. The first kappa shape index (κ1) is 23.8. The van der Waals surface area contributed by atoms with E-state index < -0.39 is 0 Å². The molecule has 0 fully saturated rings. The van der Waals surface area contributed by atoms with Crippen LogP contribution in [-0.4, -0.2) is 62.5 Å². The third kappa shape index (κ3) is 9.00. The van der Waals surface area contributed by atoms with Gasteiger partial charge in [0.25, 0.3) is 5.91 Å². The molecule has 29 heavy (non-hydrogen) atoms. The van der Waals surface area contributed by atoms with Gasteiger partial charge in [0.05, 0.1) is 12.1 Å². The highest BCUT2D eigenvalue weighted by molar-refractivity contribution is 6.12. The number of allylic oxidation sites excluding steroid dienone is 1. The van der Waals surface area contributed by atoms with Crippen LogP contribution in [0.15, 0.2) is 39.6 Å². The number of nitrogens with zero attached hydrogens (tertiary/aromatic N) is 4. The Labute approximate surface area is 172 Å². The summed E-state index contributed by atoms with van der Waals surface area (Å²) in [7, 11) is 3.43. The lowest BCUT2D eigenvalue weighted by Crippen LogP contribution is -2.27. The number of aryl methyl sites for hydroxylation is 1. The predicted molar refractivity (Wildman–Crippen MR) is 121 cm³/mol. The van der Waals surface area contributed by atoms with E-state index in [0.29, 0.717) is 37.5 Å². The highest BCUT2D eigenvalue weighted by Crippen LogP contribution is 2.10. The minimum Gasteiger partial charge on any atom is -0.387 e. The van der Waals surface area contributed by atoms with Crippen LogP contribution >= 0.6 is 0 Å². The summed E-state index contributed by atoms with van der Waals surface area (Å²) < 4.78 is 0. The van der Waals surface area contributed by atoms with Gasteiger partial charge in [-0.1, -0.05) is 13.0 Å². The van der Waals surface area contributed by atoms with Gasteiger partial charge in [0.1, 0.15) is 17.5 Å². The summed E-state index contributed by atoms with van der Waals surface area (Å²) >= 11 is 0. The number of hydrogen-bond acceptors (Lipinski definition) is 8. The number of hydrogen-bond donors (Lipinski definition) is 4. The predicted octanol–water partition coefficient (Wildman–Crippen LogP) is 1.91. The summed E-state index contributed by atoms with van der Waals surface area (Å²) in [5, 5.41) is 12.2. The van der Waals surface area contributed by atoms with Gasteiger partial charge in [-0.15, -0.1) is 0 Å². The van der Waals surface area contributed by atoms with Crippen molar-refractivity contribution < 1.29 is 4.79 Å². The van der Waals surface area contributed by atoms with Crippen LogP contribution in [0.1, 0.15) is 25.6 Å². The van der Waals surface area contributed by atoms with Crippen LogP contribution in [0.25, 0.3) is 0 Å². The van der Waals surface area contributed by atoms with E-state index in [1.807, 2.05) is 33.0 Å². The molecule has 0 aliphatic rings. The second kappa shape index (κ2) is 13.9. The van der Waals surface area contributed by atoms with Crippen molar-refractivity contribution in [3.8, 4) is 0 Å². The van der Waals surface area contributed by atoms with Crippen molar-refractivity contribution in [2.45, 2.75) is 26.7 Å². The second-order valence-corrected chi connectivity index (χ2v) is 6.01. The molecule has 0 aliphatic carbocycles. The highest BCUT2D eigenvalue weighted by atomic mass is 16.1. The summed E-state index contributed by atoms with van der Waals surface area (Å²) in [6, 6.07) is 1.84. The lowest BCUT2D eigenvalue weighted by molar-refractivity contribution is -0.116. The lowest BCUT2D eigenvalue weighted by Gasteiger charge is -2.12. The zero-order valence-corrected chi connectivity index (χ0v) is 17.7. The Kier molecular flexibility index (Phi) is 11.4. The Morgan fingerprint density at radius 2 is 2.00 bits per heavy atom. The SMILES string of the molecule is C=N/C=C\CCN/C(CC)=C(/C=NCCNc1cc(NC)nc(C)n1)C(=O)NC. The Morgan fingerprint density at radius 1 is 1.24 bits per heavy atom. The second-order valence-electron chi connectivity index (χ2n) is 6.01. The molecule has 1 rings (SSSR count). The van der Waals surface area contributed by atoms with Crippen molar-refractivity contribution in [1.82, 2.24) is 20.6 Å². The maximum Gasteiger partial charge on any atom is 0.254 e. The number of likely N-dealkylation sites (N-methyl/N-ethyl adjacent to an activating group) is 1. The van der Waals surface area contributed by atoms with Crippen molar-refractivity contribution >= 4 is 30.5 Å². The molecule has 158 valence electrons. The number of aliphatic imine (C=N–C) groups is 2. The van der Waals surface area contributed by atoms with E-state index in [4.69, 9.17) is 0 Å². The summed E-state index contributed by atoms with van der Waals surface area (Å²) in [4.78, 5) is 28.9. The summed E-state index contributed by atoms with van der Waals surface area (Å²) in [5.74, 6) is 2.01. The number of anilines is 2. The Hall–Kier alpha value is -3.23. The first-order valence-corrected chi connectivity index (χ1v) is 9.62. The fraction of sp³-hybridized carbons (Fsp3) is 0.450. The Morgan fingerprint density at radius 3 is 2.66 bits per heavy atom. The van der Waals surface area contributed by atoms with E-state index in [9.17, 15) is 4.79 Å². The fourth-order valence-electron chi connectivity index (χ4n) is 2.47. The molecule has 0 spiro atoms. The normalized spacial score (nSPS) is 12.0. The van der Waals surface area contributed by atoms with Gasteiger partial charge in [-0.2, -0.15) is 0 Å². The molecule has 0 radical (unpaired) electrons. The summed E-state index contributed by atoms with van der Waals surface area (Å²) in [6.07, 6.45) is 6.68. The van der Waals surface area contributed by atoms with Crippen molar-refractivity contribution in [2.75, 3.05) is 44.4 Å². The minimum atomic E-state index is -0.167. The van der Waals surface area contributed by atoms with Gasteiger partial charge in [0.2, 0.25) is 0 Å². The number of rotatable bonds is 13. The molecule has 0 atom stereocenters. The van der Waals surface area contributed by atoms with E-state index in [1.54, 1.807) is 19.5 Å². The standard InChI is InChI=1S/C20H32N8O/c1-6-17(25-10-8-7-9-21-3)16(20(29)23-5)14-24-11-12-26-19-13-18(22-4)27-15(2)28-19/h7,9,13-14,25H,3,6,8,10-12H2,1-2,4-5H3,(H,23,29)(H2,22,26,27,28)/b9-7-,17-16-,24-14?. The molecule has 0 saturated carbocycles. The van der Waals surface area contributed by atoms with Crippen LogP contribution in [0, 0.1) is 6.92 Å². The van der Waals surface area contributed by atoms with Crippen molar-refractivity contribution in [3.05, 3.63) is 35.4 Å². The molecule has 9 nitrogen and oxygen atoms in total. The van der Waals surface area contributed by atoms with E-state index in [1.165, 1.54) is 0 Å². The van der Waals surface area contributed by atoms with E-state index in [2.05, 4.69) is 47.9 Å². The number of nitrogens with one attached hydrogen (secondary N) is 4. The van der Waals surface area contributed by atoms with E-state index >= 15 is 0 Å². The van der Waals surface area contributed by atoms with E-state index in [0.717, 1.165) is 23.8 Å². The van der Waals surface area contributed by atoms with Gasteiger partial charge >= 0.3 is 0 Å². The molecule has 0 aromatic carbocycles. The number of aromatic nitrogens is 2. The summed E-state index contributed by atoms with van der Waals surface area (Å²) in [5.41, 5.74) is 1.39. The minimum absolute atomic E-state index is 0.167. The molecule has 4 N–H and O–H groups in total. The average molecular weight is 401 g/mol. The number of amides is 1. The maximum absolute atomic E-state index is 12.3. The Balaban J connectivity index is 2.70. The fourth-order valence-corrected chi connectivity index (χ4v) is 2.47. The number of carbonyl (C=O) groups is 1. The van der Waals surface area contributed by atoms with Gasteiger partial charge in [-0.3, -0.25) is 14.8 Å². The van der Waals surface area contributed by atoms with Crippen LogP contribution in [-0.2, 0) is 4.79 Å². The van der Waals surface area contributed by atoms with Gasteiger partial charge in [-0.25, -0.2) is 9.97 Å². The average Bonchev–Trinajstić information content (AvgIpc) is 2.73. The third-order valence-electron chi connectivity index (χ3n) is 3.87. The monoisotopic (exact) mass is 400 g/mol. The molecule has 0 unspecified atom stereocenters. The zero-order chi connectivity index (χ0) is 21.5. The van der Waals surface area contributed by atoms with Gasteiger partial charge in [0.15, 0.2) is 0 Å². The van der Waals surface area contributed by atoms with Crippen LogP contribution < -0.4 is 21.3 Å². The largest absolute Gasteiger partial charge is 0.387 e. The molecule has 9 heteroatoms. The Bertz CT molecular complexity index is 755. The topological polar surface area (TPSA) is 116 Å². The molecule has 0 saturated heterocycles. The van der Waals surface area contributed by atoms with Crippen LogP contribution in [0.4, 0.5) is 11.6 Å². The van der Waals surface area contributed by atoms with Crippen LogP contribution in [0.3, 0.4) is 0 Å². The first-order valence-electron chi connectivity index (χ1n) is 9.62. The van der Waals surface area contributed by atoms with Crippen molar-refractivity contribution in [2.24, 2.45) is 9.98 Å². The van der Waals surface area contributed by atoms with Gasteiger partial charge in [-0.05, 0) is 26.5 Å². The molecular formula is C20H32N8O. The van der Waals surface area contributed by atoms with Gasteiger partial charge in [0, 0.05) is 51.4 Å². The molecule has 0 aliphatic heterocycles. The number of carbonyl (C=O) groups excluding carboxylic acids is 1. The van der Waals surface area contributed by atoms with Crippen molar-refractivity contribution in [3.63, 3.8) is 0 Å². The molecule has 1 amide bonds. The zero-order valence-electron chi connectivity index (χ0n) is 17.7. The van der Waals surface area contributed by atoms with Crippen LogP contribution in [0.5, 0.6) is 0 Å². The molecule has 1 aromatic heterocycles.